The van der Waals surface area contributed by atoms with E-state index in [1.165, 1.54) is 29.6 Å². The molecule has 0 saturated heterocycles. The van der Waals surface area contributed by atoms with Crippen molar-refractivity contribution in [1.82, 2.24) is 10.3 Å². The highest BCUT2D eigenvalue weighted by molar-refractivity contribution is 8.13. The summed E-state index contributed by atoms with van der Waals surface area (Å²) in [5, 5.41) is 10.8. The van der Waals surface area contributed by atoms with Crippen molar-refractivity contribution >= 4 is 34.3 Å². The van der Waals surface area contributed by atoms with E-state index in [1.807, 2.05) is 42.5 Å². The fraction of sp³-hybridized carbons (Fsp3) is 0.304. The lowest BCUT2D eigenvalue weighted by atomic mass is 10.1. The Labute approximate surface area is 179 Å². The van der Waals surface area contributed by atoms with Gasteiger partial charge in [0.2, 0.25) is 11.9 Å². The fourth-order valence-electron chi connectivity index (χ4n) is 3.51. The summed E-state index contributed by atoms with van der Waals surface area (Å²) < 4.78 is 0. The summed E-state index contributed by atoms with van der Waals surface area (Å²) in [6, 6.07) is 16.4. The van der Waals surface area contributed by atoms with Crippen LogP contribution in [0.25, 0.3) is 5.70 Å². The summed E-state index contributed by atoms with van der Waals surface area (Å²) in [6.45, 7) is 2.18. The quantitative estimate of drug-likeness (QED) is 0.552. The van der Waals surface area contributed by atoms with Crippen LogP contribution >= 0.6 is 11.8 Å². The molecule has 0 saturated carbocycles. The monoisotopic (exact) mass is 420 g/mol. The Kier molecular flexibility index (Phi) is 6.28. The second-order valence-electron chi connectivity index (χ2n) is 7.21. The standard InChI is InChI=1S/C23H24N4O2S/c1-2-3-4-10-15-30-23-25-22(29)19-17-13-8-9-14-18(17)24-21(27(19)26-23)20(28)16-11-6-5-7-12-16/h5-9,11-14,21H,2-4,10,15H2,1H3,(H,25,26,29)/t21-/m0/s1. The van der Waals surface area contributed by atoms with Crippen LogP contribution in [-0.2, 0) is 4.79 Å². The number of nitrogens with zero attached hydrogens (tertiary/aromatic N) is 3. The van der Waals surface area contributed by atoms with Crippen LogP contribution in [0.3, 0.4) is 0 Å². The molecule has 0 aromatic heterocycles. The molecule has 30 heavy (non-hydrogen) atoms. The van der Waals surface area contributed by atoms with E-state index in [1.54, 1.807) is 12.1 Å². The molecule has 0 unspecified atom stereocenters. The van der Waals surface area contributed by atoms with Crippen molar-refractivity contribution in [2.24, 2.45) is 10.1 Å². The number of fused-ring (bicyclic) bond motifs is 2. The first-order valence-electron chi connectivity index (χ1n) is 10.3. The fourth-order valence-corrected chi connectivity index (χ4v) is 4.36. The molecule has 2 aliphatic heterocycles. The maximum absolute atomic E-state index is 13.3. The number of amidine groups is 1. The van der Waals surface area contributed by atoms with Crippen molar-refractivity contribution in [3.63, 3.8) is 0 Å². The highest BCUT2D eigenvalue weighted by Crippen LogP contribution is 2.23. The molecule has 0 bridgehead atoms. The summed E-state index contributed by atoms with van der Waals surface area (Å²) in [4.78, 5) is 30.9. The van der Waals surface area contributed by atoms with Crippen molar-refractivity contribution in [2.45, 2.75) is 38.8 Å². The third kappa shape index (κ3) is 4.16. The normalized spacial score (nSPS) is 17.4. The number of para-hydroxylation sites is 1. The number of hydrazone groups is 1. The van der Waals surface area contributed by atoms with E-state index >= 15 is 0 Å². The topological polar surface area (TPSA) is 74.1 Å². The van der Waals surface area contributed by atoms with Gasteiger partial charge >= 0.3 is 0 Å². The van der Waals surface area contributed by atoms with E-state index in [-0.39, 0.29) is 11.7 Å². The number of carbonyl (C=O) groups excluding carboxylic acids is 2. The molecule has 2 heterocycles. The Hall–Kier alpha value is -2.93. The van der Waals surface area contributed by atoms with E-state index < -0.39 is 6.17 Å². The molecular formula is C23H24N4O2S. The number of hydrogen-bond acceptors (Lipinski definition) is 6. The van der Waals surface area contributed by atoms with E-state index in [9.17, 15) is 9.59 Å². The zero-order valence-corrected chi connectivity index (χ0v) is 17.7. The van der Waals surface area contributed by atoms with Gasteiger partial charge in [0.25, 0.3) is 5.91 Å². The van der Waals surface area contributed by atoms with Crippen LogP contribution in [0.1, 0.15) is 43.0 Å². The highest BCUT2D eigenvalue weighted by Gasteiger charge is 2.37. The van der Waals surface area contributed by atoms with Crippen LogP contribution in [0.5, 0.6) is 0 Å². The summed E-state index contributed by atoms with van der Waals surface area (Å²) in [6.07, 6.45) is 3.69. The molecule has 2 aliphatic rings. The first-order chi connectivity index (χ1) is 14.7. The molecular weight excluding hydrogens is 396 g/mol. The number of benzene rings is 2. The molecule has 4 rings (SSSR count). The van der Waals surface area contributed by atoms with E-state index in [4.69, 9.17) is 0 Å². The Balaban J connectivity index is 1.69. The lowest BCUT2D eigenvalue weighted by Gasteiger charge is -2.33. The van der Waals surface area contributed by atoms with Gasteiger partial charge in [-0.25, -0.2) is 10.0 Å². The van der Waals surface area contributed by atoms with Crippen molar-refractivity contribution in [2.75, 3.05) is 5.75 Å². The minimum atomic E-state index is -0.904. The second-order valence-corrected chi connectivity index (χ2v) is 8.30. The lowest BCUT2D eigenvalue weighted by Crippen LogP contribution is -2.54. The molecule has 0 spiro atoms. The summed E-state index contributed by atoms with van der Waals surface area (Å²) >= 11 is 1.51. The average molecular weight is 421 g/mol. The molecule has 2 aromatic carbocycles. The van der Waals surface area contributed by atoms with Crippen molar-refractivity contribution in [3.05, 3.63) is 70.7 Å². The van der Waals surface area contributed by atoms with Crippen molar-refractivity contribution in [3.8, 4) is 0 Å². The largest absolute Gasteiger partial charge is 0.298 e. The molecule has 0 radical (unpaired) electrons. The van der Waals surface area contributed by atoms with Crippen LogP contribution in [-0.4, -0.2) is 33.8 Å². The zero-order valence-electron chi connectivity index (χ0n) is 16.9. The summed E-state index contributed by atoms with van der Waals surface area (Å²) in [5.74, 6) is 0.426. The Morgan fingerprint density at radius 1 is 1.07 bits per heavy atom. The number of amides is 1. The third-order valence-electron chi connectivity index (χ3n) is 5.04. The van der Waals surface area contributed by atoms with Gasteiger partial charge in [-0.2, -0.15) is 0 Å². The van der Waals surface area contributed by atoms with E-state index in [2.05, 4.69) is 22.3 Å². The van der Waals surface area contributed by atoms with Gasteiger partial charge in [0.15, 0.2) is 5.17 Å². The molecule has 2 aromatic rings. The van der Waals surface area contributed by atoms with Crippen molar-refractivity contribution < 1.29 is 9.59 Å². The summed E-state index contributed by atoms with van der Waals surface area (Å²) in [5.41, 5.74) is 0.908. The third-order valence-corrected chi connectivity index (χ3v) is 5.99. The molecule has 1 atom stereocenters. The van der Waals surface area contributed by atoms with Crippen LogP contribution < -0.4 is 15.9 Å². The molecule has 1 amide bonds. The molecule has 7 heteroatoms. The van der Waals surface area contributed by atoms with Crippen LogP contribution in [0.2, 0.25) is 0 Å². The maximum atomic E-state index is 13.3. The lowest BCUT2D eigenvalue weighted by molar-refractivity contribution is -0.115. The molecule has 6 nitrogen and oxygen atoms in total. The van der Waals surface area contributed by atoms with Gasteiger partial charge in [0, 0.05) is 16.5 Å². The zero-order chi connectivity index (χ0) is 20.9. The van der Waals surface area contributed by atoms with Crippen LogP contribution in [0, 0.1) is 0 Å². The smallest absolute Gasteiger partial charge is 0.276 e. The SMILES string of the molecule is CCCCCCSC1=NN2C(=c3ccccc3=N[C@@H]2C(=O)c2ccccc2)C(=O)N1. The Bertz CT molecular complexity index is 1100. The number of Topliss-reactive ketones (excluding diaryl/α,β-unsaturated/α-hetero) is 1. The molecule has 0 fully saturated rings. The van der Waals surface area contributed by atoms with Gasteiger partial charge in [-0.15, -0.1) is 5.10 Å². The Morgan fingerprint density at radius 3 is 2.63 bits per heavy atom. The highest BCUT2D eigenvalue weighted by atomic mass is 32.2. The minimum Gasteiger partial charge on any atom is -0.298 e. The molecule has 0 aliphatic carbocycles. The second kappa shape index (κ2) is 9.26. The van der Waals surface area contributed by atoms with Gasteiger partial charge in [0.05, 0.1) is 5.36 Å². The van der Waals surface area contributed by atoms with Gasteiger partial charge < -0.3 is 0 Å². The van der Waals surface area contributed by atoms with E-state index in [0.717, 1.165) is 18.6 Å². The number of ketones is 1. The summed E-state index contributed by atoms with van der Waals surface area (Å²) in [7, 11) is 0. The molecule has 154 valence electrons. The van der Waals surface area contributed by atoms with Gasteiger partial charge in [0.1, 0.15) is 5.70 Å². The number of rotatable bonds is 7. The first-order valence-corrected chi connectivity index (χ1v) is 11.3. The predicted molar refractivity (Wildman–Crippen MR) is 119 cm³/mol. The number of thioether (sulfide) groups is 1. The first kappa shape index (κ1) is 20.3. The van der Waals surface area contributed by atoms with Crippen LogP contribution in [0.4, 0.5) is 0 Å². The minimum absolute atomic E-state index is 0.187. The van der Waals surface area contributed by atoms with Gasteiger partial charge in [-0.1, -0.05) is 86.5 Å². The number of carbonyl (C=O) groups is 2. The average Bonchev–Trinajstić information content (AvgIpc) is 2.78. The number of unbranched alkanes of at least 4 members (excludes halogenated alkanes) is 3. The van der Waals surface area contributed by atoms with Crippen LogP contribution in [0.15, 0.2) is 64.7 Å². The van der Waals surface area contributed by atoms with Gasteiger partial charge in [-0.05, 0) is 12.5 Å². The molecule has 1 N–H and O–H groups in total. The van der Waals surface area contributed by atoms with Crippen molar-refractivity contribution in [1.29, 1.82) is 0 Å². The maximum Gasteiger partial charge on any atom is 0.276 e. The predicted octanol–water partition coefficient (Wildman–Crippen LogP) is 2.65. The number of nitrogens with one attached hydrogen (secondary N) is 1. The van der Waals surface area contributed by atoms with E-state index in [0.29, 0.717) is 27.0 Å². The Morgan fingerprint density at radius 2 is 1.83 bits per heavy atom. The van der Waals surface area contributed by atoms with Gasteiger partial charge in [-0.3, -0.25) is 14.9 Å². The number of hydrogen-bond donors (Lipinski definition) is 1.